The Morgan fingerprint density at radius 3 is 2.50 bits per heavy atom. The molecule has 3 rings (SSSR count). The topological polar surface area (TPSA) is 41.4 Å². The second-order valence-corrected chi connectivity index (χ2v) is 6.14. The third-order valence-corrected chi connectivity index (χ3v) is 4.41. The monoisotopic (exact) mass is 330 g/mol. The number of benzene rings is 1. The smallest absolute Gasteiger partial charge is 0.259 e. The van der Waals surface area contributed by atoms with Crippen molar-refractivity contribution >= 4 is 11.6 Å². The van der Waals surface area contributed by atoms with Gasteiger partial charge in [-0.1, -0.05) is 13.8 Å². The van der Waals surface area contributed by atoms with Crippen molar-refractivity contribution in [3.8, 4) is 0 Å². The summed E-state index contributed by atoms with van der Waals surface area (Å²) in [6, 6.07) is 6.32. The molecule has 0 aliphatic carbocycles. The Balaban J connectivity index is 2.14. The highest BCUT2D eigenvalue weighted by molar-refractivity contribution is 5.58. The molecule has 0 fully saturated rings. The van der Waals surface area contributed by atoms with Crippen molar-refractivity contribution in [3.05, 3.63) is 51.7 Å². The van der Waals surface area contributed by atoms with Gasteiger partial charge in [0.1, 0.15) is 5.82 Å². The molecule has 6 heteroatoms. The molecule has 24 heavy (non-hydrogen) atoms. The Kier molecular flexibility index (Phi) is 4.66. The van der Waals surface area contributed by atoms with Crippen molar-refractivity contribution in [3.63, 3.8) is 0 Å². The van der Waals surface area contributed by atoms with Gasteiger partial charge in [-0.25, -0.2) is 9.37 Å². The molecular formula is C18H23FN4O. The molecule has 128 valence electrons. The average molecular weight is 330 g/mol. The molecule has 5 nitrogen and oxygen atoms in total. The van der Waals surface area contributed by atoms with Gasteiger partial charge in [-0.15, -0.1) is 0 Å². The lowest BCUT2D eigenvalue weighted by Crippen LogP contribution is -2.48. The normalized spacial score (nSPS) is 14.8. The van der Waals surface area contributed by atoms with Crippen LogP contribution in [0.2, 0.25) is 0 Å². The summed E-state index contributed by atoms with van der Waals surface area (Å²) in [5.74, 6) is 0.359. The van der Waals surface area contributed by atoms with E-state index in [0.717, 1.165) is 29.9 Å². The minimum Gasteiger partial charge on any atom is -0.298 e. The summed E-state index contributed by atoms with van der Waals surface area (Å²) >= 11 is 0. The van der Waals surface area contributed by atoms with Crippen LogP contribution in [0.3, 0.4) is 0 Å². The van der Waals surface area contributed by atoms with E-state index in [0.29, 0.717) is 25.7 Å². The van der Waals surface area contributed by atoms with Gasteiger partial charge in [-0.3, -0.25) is 19.2 Å². The van der Waals surface area contributed by atoms with Crippen LogP contribution in [0.15, 0.2) is 29.1 Å². The quantitative estimate of drug-likeness (QED) is 0.864. The molecule has 0 radical (unpaired) electrons. The Labute approximate surface area is 141 Å². The summed E-state index contributed by atoms with van der Waals surface area (Å²) in [6.45, 7) is 8.03. The molecule has 2 aromatic rings. The predicted molar refractivity (Wildman–Crippen MR) is 93.0 cm³/mol. The van der Waals surface area contributed by atoms with E-state index in [1.807, 2.05) is 18.7 Å². The van der Waals surface area contributed by atoms with E-state index in [4.69, 9.17) is 0 Å². The van der Waals surface area contributed by atoms with Crippen LogP contribution in [0.1, 0.15) is 31.5 Å². The van der Waals surface area contributed by atoms with E-state index in [-0.39, 0.29) is 11.4 Å². The van der Waals surface area contributed by atoms with Gasteiger partial charge in [0.15, 0.2) is 0 Å². The molecule has 0 unspecified atom stereocenters. The van der Waals surface area contributed by atoms with Crippen molar-refractivity contribution in [2.75, 3.05) is 18.1 Å². The first-order valence-electron chi connectivity index (χ1n) is 8.41. The number of fused-ring (bicyclic) bond motifs is 1. The van der Waals surface area contributed by atoms with Gasteiger partial charge in [-0.05, 0) is 44.0 Å². The summed E-state index contributed by atoms with van der Waals surface area (Å²) in [5, 5.41) is 0. The first-order chi connectivity index (χ1) is 11.5. The van der Waals surface area contributed by atoms with E-state index in [9.17, 15) is 9.18 Å². The highest BCUT2D eigenvalue weighted by atomic mass is 19.1. The van der Waals surface area contributed by atoms with Crippen LogP contribution >= 0.6 is 0 Å². The fourth-order valence-corrected chi connectivity index (χ4v) is 3.21. The van der Waals surface area contributed by atoms with Crippen LogP contribution in [0, 0.1) is 12.7 Å². The van der Waals surface area contributed by atoms with Gasteiger partial charge in [0, 0.05) is 23.5 Å². The fraction of sp³-hybridized carbons (Fsp3) is 0.444. The molecule has 1 aromatic carbocycles. The first kappa shape index (κ1) is 16.6. The van der Waals surface area contributed by atoms with Crippen molar-refractivity contribution < 1.29 is 4.39 Å². The molecule has 0 bridgehead atoms. The van der Waals surface area contributed by atoms with Gasteiger partial charge in [0.25, 0.3) is 5.56 Å². The first-order valence-corrected chi connectivity index (χ1v) is 8.41. The summed E-state index contributed by atoms with van der Waals surface area (Å²) in [7, 11) is 0. The number of rotatable bonds is 4. The summed E-state index contributed by atoms with van der Waals surface area (Å²) in [4.78, 5) is 21.7. The van der Waals surface area contributed by atoms with Gasteiger partial charge in [0.2, 0.25) is 5.95 Å². The zero-order valence-corrected chi connectivity index (χ0v) is 14.4. The summed E-state index contributed by atoms with van der Waals surface area (Å²) in [5.41, 5.74) is 2.38. The van der Waals surface area contributed by atoms with Gasteiger partial charge in [-0.2, -0.15) is 0 Å². The molecule has 1 aliphatic rings. The third kappa shape index (κ3) is 2.94. The maximum Gasteiger partial charge on any atom is 0.259 e. The number of aryl methyl sites for hydroxylation is 1. The highest BCUT2D eigenvalue weighted by Gasteiger charge is 2.27. The van der Waals surface area contributed by atoms with Crippen LogP contribution in [0.4, 0.5) is 16.0 Å². The number of anilines is 2. The van der Waals surface area contributed by atoms with E-state index in [2.05, 4.69) is 16.8 Å². The van der Waals surface area contributed by atoms with Crippen LogP contribution in [-0.4, -0.2) is 27.7 Å². The van der Waals surface area contributed by atoms with Crippen LogP contribution < -0.4 is 10.5 Å². The number of halogens is 1. The largest absolute Gasteiger partial charge is 0.298 e. The van der Waals surface area contributed by atoms with Crippen LogP contribution in [0.5, 0.6) is 0 Å². The standard InChI is InChI=1S/C18H23FN4O/c1-4-10-21-11-22(15-8-6-14(19)7-9-15)18-20-13(3)16(5-2)17(24)23(18)12-21/h6-9H,4-5,10-12H2,1-3H3. The molecule has 0 amide bonds. The second kappa shape index (κ2) is 6.73. The van der Waals surface area contributed by atoms with Crippen molar-refractivity contribution in [2.24, 2.45) is 0 Å². The Bertz CT molecular complexity index is 785. The predicted octanol–water partition coefficient (Wildman–Crippen LogP) is 3.03. The summed E-state index contributed by atoms with van der Waals surface area (Å²) < 4.78 is 15.0. The molecular weight excluding hydrogens is 307 g/mol. The highest BCUT2D eigenvalue weighted by Crippen LogP contribution is 2.27. The molecule has 2 heterocycles. The van der Waals surface area contributed by atoms with E-state index in [1.165, 1.54) is 12.1 Å². The van der Waals surface area contributed by atoms with E-state index in [1.54, 1.807) is 16.7 Å². The fourth-order valence-electron chi connectivity index (χ4n) is 3.21. The average Bonchev–Trinajstić information content (AvgIpc) is 2.56. The Morgan fingerprint density at radius 1 is 1.17 bits per heavy atom. The molecule has 1 aliphatic heterocycles. The van der Waals surface area contributed by atoms with Crippen molar-refractivity contribution in [2.45, 2.75) is 40.3 Å². The maximum absolute atomic E-state index is 13.3. The van der Waals surface area contributed by atoms with Crippen LogP contribution in [0.25, 0.3) is 0 Å². The molecule has 1 aromatic heterocycles. The lowest BCUT2D eigenvalue weighted by atomic mass is 10.2. The number of nitrogens with zero attached hydrogens (tertiary/aromatic N) is 4. The SMILES string of the molecule is CCCN1CN(c2ccc(F)cc2)c2nc(C)c(CC)c(=O)n2C1. The van der Waals surface area contributed by atoms with E-state index >= 15 is 0 Å². The van der Waals surface area contributed by atoms with Gasteiger partial charge < -0.3 is 0 Å². The number of aromatic nitrogens is 2. The minimum absolute atomic E-state index is 0.0212. The molecule has 0 saturated heterocycles. The third-order valence-electron chi connectivity index (χ3n) is 4.41. The molecule has 0 N–H and O–H groups in total. The zero-order chi connectivity index (χ0) is 17.3. The zero-order valence-electron chi connectivity index (χ0n) is 14.4. The molecule has 0 atom stereocenters. The number of hydrogen-bond donors (Lipinski definition) is 0. The van der Waals surface area contributed by atoms with Crippen molar-refractivity contribution in [1.82, 2.24) is 14.5 Å². The molecule has 0 saturated carbocycles. The van der Waals surface area contributed by atoms with Gasteiger partial charge in [0.05, 0.1) is 13.3 Å². The lowest BCUT2D eigenvalue weighted by molar-refractivity contribution is 0.198. The molecule has 0 spiro atoms. The van der Waals surface area contributed by atoms with Gasteiger partial charge >= 0.3 is 0 Å². The van der Waals surface area contributed by atoms with Crippen molar-refractivity contribution in [1.29, 1.82) is 0 Å². The number of hydrogen-bond acceptors (Lipinski definition) is 4. The van der Waals surface area contributed by atoms with E-state index < -0.39 is 0 Å². The second-order valence-electron chi connectivity index (χ2n) is 6.14. The van der Waals surface area contributed by atoms with Crippen LogP contribution in [-0.2, 0) is 13.1 Å². The Hall–Kier alpha value is -2.21. The lowest BCUT2D eigenvalue weighted by Gasteiger charge is -2.38. The maximum atomic E-state index is 13.3. The Morgan fingerprint density at radius 2 is 1.88 bits per heavy atom. The summed E-state index contributed by atoms with van der Waals surface area (Å²) in [6.07, 6.45) is 1.67. The minimum atomic E-state index is -0.274.